The lowest BCUT2D eigenvalue weighted by Gasteiger charge is -2.28. The summed E-state index contributed by atoms with van der Waals surface area (Å²) in [5.74, 6) is 0.712. The number of halogens is 1. The number of likely N-dealkylation sites (N-methyl/N-ethyl adjacent to an activating group) is 1. The maximum absolute atomic E-state index is 12.9. The van der Waals surface area contributed by atoms with Crippen LogP contribution in [0.4, 0.5) is 0 Å². The molecule has 4 nitrogen and oxygen atoms in total. The molecule has 28 heavy (non-hydrogen) atoms. The van der Waals surface area contributed by atoms with Gasteiger partial charge in [-0.05, 0) is 55.9 Å². The second-order valence-electron chi connectivity index (χ2n) is 6.48. The Hall–Kier alpha value is -1.98. The van der Waals surface area contributed by atoms with Crippen molar-refractivity contribution < 1.29 is 9.59 Å². The highest BCUT2D eigenvalue weighted by Crippen LogP contribution is 2.22. The summed E-state index contributed by atoms with van der Waals surface area (Å²) in [6.45, 7) is 4.65. The lowest BCUT2D eigenvalue weighted by Crippen LogP contribution is -2.47. The number of hydrogen-bond acceptors (Lipinski definition) is 3. The molecule has 2 aromatic carbocycles. The molecule has 2 aromatic rings. The molecule has 0 fully saturated rings. The first kappa shape index (κ1) is 22.3. The molecule has 2 amide bonds. The monoisotopic (exact) mass is 418 g/mol. The Kier molecular flexibility index (Phi) is 9.38. The van der Waals surface area contributed by atoms with Gasteiger partial charge in [-0.15, -0.1) is 11.8 Å². The second kappa shape index (κ2) is 11.8. The maximum Gasteiger partial charge on any atom is 0.242 e. The van der Waals surface area contributed by atoms with Gasteiger partial charge in [-0.25, -0.2) is 0 Å². The SMILES string of the molecule is CCNC(=O)C(C)N(Cc1ccccc1)C(=O)CCCSc1ccc(Cl)cc1. The van der Waals surface area contributed by atoms with Crippen LogP contribution in [0.2, 0.25) is 5.02 Å². The highest BCUT2D eigenvalue weighted by atomic mass is 35.5. The lowest BCUT2D eigenvalue weighted by molar-refractivity contribution is -0.140. The van der Waals surface area contributed by atoms with E-state index in [-0.39, 0.29) is 11.8 Å². The van der Waals surface area contributed by atoms with Crippen molar-refractivity contribution in [2.24, 2.45) is 0 Å². The van der Waals surface area contributed by atoms with E-state index in [1.807, 2.05) is 61.5 Å². The van der Waals surface area contributed by atoms with Crippen molar-refractivity contribution in [1.82, 2.24) is 10.2 Å². The summed E-state index contributed by atoms with van der Waals surface area (Å²) in [5.41, 5.74) is 1.02. The number of amides is 2. The van der Waals surface area contributed by atoms with Crippen LogP contribution in [0.25, 0.3) is 0 Å². The molecular weight excluding hydrogens is 392 g/mol. The van der Waals surface area contributed by atoms with Crippen molar-refractivity contribution in [3.63, 3.8) is 0 Å². The fourth-order valence-corrected chi connectivity index (χ4v) is 3.75. The van der Waals surface area contributed by atoms with Crippen LogP contribution in [-0.4, -0.2) is 35.1 Å². The fraction of sp³-hybridized carbons (Fsp3) is 0.364. The van der Waals surface area contributed by atoms with Crippen LogP contribution < -0.4 is 5.32 Å². The normalized spacial score (nSPS) is 11.7. The van der Waals surface area contributed by atoms with Crippen molar-refractivity contribution in [2.75, 3.05) is 12.3 Å². The van der Waals surface area contributed by atoms with Crippen LogP contribution in [0.5, 0.6) is 0 Å². The van der Waals surface area contributed by atoms with Gasteiger partial charge in [-0.2, -0.15) is 0 Å². The molecule has 1 N–H and O–H groups in total. The third kappa shape index (κ3) is 7.21. The summed E-state index contributed by atoms with van der Waals surface area (Å²) in [6, 6.07) is 17.0. The topological polar surface area (TPSA) is 49.4 Å². The summed E-state index contributed by atoms with van der Waals surface area (Å²) in [5, 5.41) is 3.53. The van der Waals surface area contributed by atoms with Gasteiger partial charge in [0, 0.05) is 29.4 Å². The van der Waals surface area contributed by atoms with Gasteiger partial charge in [0.2, 0.25) is 11.8 Å². The van der Waals surface area contributed by atoms with E-state index in [0.717, 1.165) is 27.7 Å². The Morgan fingerprint density at radius 1 is 1.11 bits per heavy atom. The third-order valence-corrected chi connectivity index (χ3v) is 5.68. The van der Waals surface area contributed by atoms with Crippen LogP contribution in [0.15, 0.2) is 59.5 Å². The van der Waals surface area contributed by atoms with Gasteiger partial charge in [0.1, 0.15) is 6.04 Å². The molecule has 6 heteroatoms. The van der Waals surface area contributed by atoms with E-state index in [0.29, 0.717) is 19.5 Å². The van der Waals surface area contributed by atoms with E-state index in [1.54, 1.807) is 23.6 Å². The Balaban J connectivity index is 1.93. The largest absolute Gasteiger partial charge is 0.355 e. The van der Waals surface area contributed by atoms with Gasteiger partial charge in [0.15, 0.2) is 0 Å². The van der Waals surface area contributed by atoms with E-state index in [4.69, 9.17) is 11.6 Å². The number of benzene rings is 2. The molecule has 0 aromatic heterocycles. The minimum Gasteiger partial charge on any atom is -0.355 e. The van der Waals surface area contributed by atoms with E-state index in [2.05, 4.69) is 5.32 Å². The quantitative estimate of drug-likeness (QED) is 0.446. The van der Waals surface area contributed by atoms with E-state index < -0.39 is 6.04 Å². The van der Waals surface area contributed by atoms with Gasteiger partial charge in [-0.3, -0.25) is 9.59 Å². The Morgan fingerprint density at radius 3 is 2.43 bits per heavy atom. The molecule has 0 saturated heterocycles. The minimum absolute atomic E-state index is 0.000637. The average molecular weight is 419 g/mol. The van der Waals surface area contributed by atoms with Crippen molar-refractivity contribution in [2.45, 2.75) is 44.2 Å². The smallest absolute Gasteiger partial charge is 0.242 e. The highest BCUT2D eigenvalue weighted by molar-refractivity contribution is 7.99. The number of nitrogens with one attached hydrogen (secondary N) is 1. The van der Waals surface area contributed by atoms with Crippen molar-refractivity contribution in [3.8, 4) is 0 Å². The molecule has 1 atom stereocenters. The number of thioether (sulfide) groups is 1. The van der Waals surface area contributed by atoms with Gasteiger partial charge in [0.05, 0.1) is 0 Å². The van der Waals surface area contributed by atoms with Gasteiger partial charge in [-0.1, -0.05) is 41.9 Å². The predicted molar refractivity (Wildman–Crippen MR) is 117 cm³/mol. The van der Waals surface area contributed by atoms with Gasteiger partial charge < -0.3 is 10.2 Å². The van der Waals surface area contributed by atoms with Crippen LogP contribution in [-0.2, 0) is 16.1 Å². The summed E-state index contributed by atoms with van der Waals surface area (Å²) < 4.78 is 0. The zero-order valence-electron chi connectivity index (χ0n) is 16.4. The molecule has 0 saturated carbocycles. The summed E-state index contributed by atoms with van der Waals surface area (Å²) >= 11 is 7.60. The lowest BCUT2D eigenvalue weighted by atomic mass is 10.1. The fourth-order valence-electron chi connectivity index (χ4n) is 2.77. The van der Waals surface area contributed by atoms with Crippen LogP contribution >= 0.6 is 23.4 Å². The van der Waals surface area contributed by atoms with E-state index in [9.17, 15) is 9.59 Å². The number of rotatable bonds is 10. The van der Waals surface area contributed by atoms with Crippen LogP contribution in [0.1, 0.15) is 32.3 Å². The van der Waals surface area contributed by atoms with E-state index >= 15 is 0 Å². The molecule has 0 radical (unpaired) electrons. The molecule has 0 spiro atoms. The first-order chi connectivity index (χ1) is 13.5. The molecule has 0 bridgehead atoms. The average Bonchev–Trinajstić information content (AvgIpc) is 2.71. The molecule has 0 aliphatic heterocycles. The second-order valence-corrected chi connectivity index (χ2v) is 8.09. The summed E-state index contributed by atoms with van der Waals surface area (Å²) in [7, 11) is 0. The Morgan fingerprint density at radius 2 is 1.79 bits per heavy atom. The molecule has 1 unspecified atom stereocenters. The molecule has 0 aliphatic rings. The first-order valence-corrected chi connectivity index (χ1v) is 10.9. The number of nitrogens with zero attached hydrogens (tertiary/aromatic N) is 1. The predicted octanol–water partition coefficient (Wildman–Crippen LogP) is 4.77. The number of hydrogen-bond donors (Lipinski definition) is 1. The molecule has 2 rings (SSSR count). The van der Waals surface area contributed by atoms with Crippen molar-refractivity contribution in [3.05, 3.63) is 65.2 Å². The standard InChI is InChI=1S/C22H27ClN2O2S/c1-3-24-22(27)17(2)25(16-18-8-5-4-6-9-18)21(26)10-7-15-28-20-13-11-19(23)12-14-20/h4-6,8-9,11-14,17H,3,7,10,15-16H2,1-2H3,(H,24,27). The van der Waals surface area contributed by atoms with Crippen LogP contribution in [0, 0.1) is 0 Å². The first-order valence-electron chi connectivity index (χ1n) is 9.50. The summed E-state index contributed by atoms with van der Waals surface area (Å²) in [4.78, 5) is 28.0. The molecule has 0 heterocycles. The zero-order valence-corrected chi connectivity index (χ0v) is 17.9. The highest BCUT2D eigenvalue weighted by Gasteiger charge is 2.25. The zero-order chi connectivity index (χ0) is 20.4. The third-order valence-electron chi connectivity index (χ3n) is 4.33. The minimum atomic E-state index is -0.503. The summed E-state index contributed by atoms with van der Waals surface area (Å²) in [6.07, 6.45) is 1.16. The number of carbonyl (C=O) groups excluding carboxylic acids is 2. The van der Waals surface area contributed by atoms with E-state index in [1.165, 1.54) is 0 Å². The Labute approximate surface area is 176 Å². The Bertz CT molecular complexity index is 753. The molecule has 150 valence electrons. The van der Waals surface area contributed by atoms with Gasteiger partial charge in [0.25, 0.3) is 0 Å². The van der Waals surface area contributed by atoms with Gasteiger partial charge >= 0.3 is 0 Å². The maximum atomic E-state index is 12.9. The molecular formula is C22H27ClN2O2S. The van der Waals surface area contributed by atoms with Crippen LogP contribution in [0.3, 0.4) is 0 Å². The van der Waals surface area contributed by atoms with Crippen molar-refractivity contribution in [1.29, 1.82) is 0 Å². The van der Waals surface area contributed by atoms with Crippen molar-refractivity contribution >= 4 is 35.2 Å². The molecule has 0 aliphatic carbocycles. The number of carbonyl (C=O) groups is 2.